The molecule has 1 heterocycles. The fourth-order valence-electron chi connectivity index (χ4n) is 1.62. The van der Waals surface area contributed by atoms with E-state index in [0.29, 0.717) is 24.2 Å². The molecule has 0 unspecified atom stereocenters. The van der Waals surface area contributed by atoms with E-state index in [4.69, 9.17) is 0 Å². The first-order valence-electron chi connectivity index (χ1n) is 6.58. The molecule has 0 radical (unpaired) electrons. The number of carbonyl (C=O) groups is 1. The molecule has 0 aliphatic rings. The molecule has 1 aromatic rings. The van der Waals surface area contributed by atoms with Crippen LogP contribution in [0, 0.1) is 0 Å². The van der Waals surface area contributed by atoms with Gasteiger partial charge in [-0.05, 0) is 18.9 Å². The van der Waals surface area contributed by atoms with Gasteiger partial charge in [0.2, 0.25) is 0 Å². The fourth-order valence-corrected chi connectivity index (χ4v) is 2.29. The molecule has 7 heteroatoms. The number of carbonyl (C=O) groups excluding carboxylic acids is 1. The molecule has 0 spiro atoms. The molecule has 0 fully saturated rings. The minimum Gasteiger partial charge on any atom is -0.383 e. The van der Waals surface area contributed by atoms with Crippen molar-refractivity contribution in [3.05, 3.63) is 24.0 Å². The first kappa shape index (κ1) is 16.4. The van der Waals surface area contributed by atoms with Crippen molar-refractivity contribution in [2.75, 3.05) is 30.4 Å². The predicted molar refractivity (Wildman–Crippen MR) is 79.7 cm³/mol. The van der Waals surface area contributed by atoms with Crippen LogP contribution in [0.25, 0.3) is 0 Å². The largest absolute Gasteiger partial charge is 0.383 e. The topological polar surface area (TPSA) is 88.2 Å². The summed E-state index contributed by atoms with van der Waals surface area (Å²) in [4.78, 5) is 16.0. The first-order chi connectivity index (χ1) is 9.44. The Morgan fingerprint density at radius 3 is 2.75 bits per heavy atom. The number of sulfone groups is 1. The smallest absolute Gasteiger partial charge is 0.253 e. The van der Waals surface area contributed by atoms with Crippen LogP contribution >= 0.6 is 0 Å². The van der Waals surface area contributed by atoms with Gasteiger partial charge >= 0.3 is 0 Å². The van der Waals surface area contributed by atoms with Crippen molar-refractivity contribution < 1.29 is 13.2 Å². The number of pyridine rings is 1. The summed E-state index contributed by atoms with van der Waals surface area (Å²) in [5.41, 5.74) is 1.21. The van der Waals surface area contributed by atoms with E-state index in [-0.39, 0.29) is 11.7 Å². The quantitative estimate of drug-likeness (QED) is 0.701. The van der Waals surface area contributed by atoms with Crippen LogP contribution in [0.3, 0.4) is 0 Å². The third kappa shape index (κ3) is 6.01. The van der Waals surface area contributed by atoms with Gasteiger partial charge in [0.25, 0.3) is 5.91 Å². The van der Waals surface area contributed by atoms with Crippen LogP contribution < -0.4 is 10.6 Å². The monoisotopic (exact) mass is 299 g/mol. The lowest BCUT2D eigenvalue weighted by Crippen LogP contribution is -2.26. The van der Waals surface area contributed by atoms with Gasteiger partial charge in [-0.25, -0.2) is 8.42 Å². The maximum absolute atomic E-state index is 12.0. The van der Waals surface area contributed by atoms with Crippen LogP contribution in [0.2, 0.25) is 0 Å². The van der Waals surface area contributed by atoms with Crippen molar-refractivity contribution in [1.82, 2.24) is 10.3 Å². The summed E-state index contributed by atoms with van der Waals surface area (Å²) >= 11 is 0. The van der Waals surface area contributed by atoms with Crippen molar-refractivity contribution in [3.63, 3.8) is 0 Å². The Hall–Kier alpha value is -1.63. The highest BCUT2D eigenvalue weighted by molar-refractivity contribution is 7.90. The second kappa shape index (κ2) is 7.84. The van der Waals surface area contributed by atoms with Gasteiger partial charge in [0.05, 0.1) is 23.2 Å². The van der Waals surface area contributed by atoms with Gasteiger partial charge in [0.15, 0.2) is 0 Å². The van der Waals surface area contributed by atoms with Crippen LogP contribution in [-0.2, 0) is 9.84 Å². The van der Waals surface area contributed by atoms with Gasteiger partial charge in [0, 0.05) is 25.5 Å². The molecule has 0 saturated carbocycles. The molecular weight excluding hydrogens is 278 g/mol. The lowest BCUT2D eigenvalue weighted by Gasteiger charge is -2.10. The molecule has 0 saturated heterocycles. The van der Waals surface area contributed by atoms with Gasteiger partial charge in [0.1, 0.15) is 9.84 Å². The summed E-state index contributed by atoms with van der Waals surface area (Å²) in [6.07, 6.45) is 5.71. The first-order valence-corrected chi connectivity index (χ1v) is 8.64. The van der Waals surface area contributed by atoms with E-state index in [0.717, 1.165) is 13.0 Å². The van der Waals surface area contributed by atoms with Crippen molar-refractivity contribution in [2.45, 2.75) is 19.8 Å². The molecule has 112 valence electrons. The normalized spacial score (nSPS) is 11.1. The molecule has 0 aliphatic heterocycles. The Bertz CT molecular complexity index is 544. The highest BCUT2D eigenvalue weighted by atomic mass is 32.2. The Morgan fingerprint density at radius 2 is 2.10 bits per heavy atom. The summed E-state index contributed by atoms with van der Waals surface area (Å²) in [6.45, 7) is 3.13. The van der Waals surface area contributed by atoms with Crippen LogP contribution in [0.4, 0.5) is 5.69 Å². The molecule has 6 nitrogen and oxygen atoms in total. The van der Waals surface area contributed by atoms with E-state index in [1.165, 1.54) is 6.26 Å². The average molecular weight is 299 g/mol. The molecule has 1 rings (SSSR count). The van der Waals surface area contributed by atoms with Crippen LogP contribution in [0.15, 0.2) is 18.5 Å². The highest BCUT2D eigenvalue weighted by Gasteiger charge is 2.10. The fraction of sp³-hybridized carbons (Fsp3) is 0.538. The van der Waals surface area contributed by atoms with E-state index in [1.54, 1.807) is 18.5 Å². The Kier molecular flexibility index (Phi) is 6.44. The number of hydrogen-bond donors (Lipinski definition) is 2. The van der Waals surface area contributed by atoms with E-state index in [2.05, 4.69) is 15.6 Å². The Balaban J connectivity index is 2.54. The summed E-state index contributed by atoms with van der Waals surface area (Å²) in [7, 11) is -2.98. The summed E-state index contributed by atoms with van der Waals surface area (Å²) in [5.74, 6) is -0.149. The van der Waals surface area contributed by atoms with Crippen molar-refractivity contribution in [3.8, 4) is 0 Å². The lowest BCUT2D eigenvalue weighted by molar-refractivity contribution is 0.0954. The number of nitrogens with one attached hydrogen (secondary N) is 2. The van der Waals surface area contributed by atoms with Gasteiger partial charge < -0.3 is 10.6 Å². The van der Waals surface area contributed by atoms with Gasteiger partial charge in [-0.3, -0.25) is 9.78 Å². The van der Waals surface area contributed by atoms with E-state index in [9.17, 15) is 13.2 Å². The SMILES string of the molecule is CCCNc1cnccc1C(=O)NCCCS(C)(=O)=O. The van der Waals surface area contributed by atoms with Crippen molar-refractivity contribution >= 4 is 21.4 Å². The average Bonchev–Trinajstić information content (AvgIpc) is 2.40. The summed E-state index contributed by atoms with van der Waals surface area (Å²) < 4.78 is 22.0. The second-order valence-electron chi connectivity index (χ2n) is 4.59. The summed E-state index contributed by atoms with van der Waals surface area (Å²) in [6, 6.07) is 1.64. The number of nitrogens with zero attached hydrogens (tertiary/aromatic N) is 1. The molecule has 1 amide bonds. The number of rotatable bonds is 8. The third-order valence-electron chi connectivity index (χ3n) is 2.61. The van der Waals surface area contributed by atoms with Gasteiger partial charge in [-0.2, -0.15) is 0 Å². The number of hydrogen-bond acceptors (Lipinski definition) is 5. The molecule has 1 aromatic heterocycles. The predicted octanol–water partition coefficient (Wildman–Crippen LogP) is 1.07. The Labute approximate surface area is 119 Å². The molecule has 0 atom stereocenters. The molecule has 0 bridgehead atoms. The maximum atomic E-state index is 12.0. The number of anilines is 1. The minimum atomic E-state index is -2.98. The van der Waals surface area contributed by atoms with Gasteiger partial charge in [-0.15, -0.1) is 0 Å². The van der Waals surface area contributed by atoms with Crippen molar-refractivity contribution in [2.24, 2.45) is 0 Å². The Morgan fingerprint density at radius 1 is 1.35 bits per heavy atom. The van der Waals surface area contributed by atoms with Crippen molar-refractivity contribution in [1.29, 1.82) is 0 Å². The molecular formula is C13H21N3O3S. The van der Waals surface area contributed by atoms with Crippen LogP contribution in [0.5, 0.6) is 0 Å². The lowest BCUT2D eigenvalue weighted by atomic mass is 10.2. The van der Waals surface area contributed by atoms with Gasteiger partial charge in [-0.1, -0.05) is 6.92 Å². The maximum Gasteiger partial charge on any atom is 0.253 e. The third-order valence-corrected chi connectivity index (χ3v) is 3.64. The zero-order valence-corrected chi connectivity index (χ0v) is 12.7. The molecule has 20 heavy (non-hydrogen) atoms. The minimum absolute atomic E-state index is 0.0740. The summed E-state index contributed by atoms with van der Waals surface area (Å²) in [5, 5.41) is 5.86. The zero-order valence-electron chi connectivity index (χ0n) is 11.8. The van der Waals surface area contributed by atoms with Crippen LogP contribution in [0.1, 0.15) is 30.1 Å². The van der Waals surface area contributed by atoms with Crippen LogP contribution in [-0.4, -0.2) is 44.4 Å². The second-order valence-corrected chi connectivity index (χ2v) is 6.85. The van der Waals surface area contributed by atoms with E-state index < -0.39 is 9.84 Å². The standard InChI is InChI=1S/C13H21N3O3S/c1-3-6-15-12-10-14-8-5-11(12)13(17)16-7-4-9-20(2,18)19/h5,8,10,15H,3-4,6-7,9H2,1-2H3,(H,16,17). The number of amides is 1. The number of aromatic nitrogens is 1. The van der Waals surface area contributed by atoms with E-state index in [1.807, 2.05) is 6.92 Å². The molecule has 0 aromatic carbocycles. The molecule has 2 N–H and O–H groups in total. The zero-order chi connectivity index (χ0) is 15.0. The highest BCUT2D eigenvalue weighted by Crippen LogP contribution is 2.13. The molecule has 0 aliphatic carbocycles. The van der Waals surface area contributed by atoms with E-state index >= 15 is 0 Å².